The first-order valence-electron chi connectivity index (χ1n) is 14.4. The number of piperidine rings is 1. The second-order valence-electron chi connectivity index (χ2n) is 12.0. The fraction of sp³-hybridized carbons (Fsp3) is 0.516. The molecular weight excluding hydrogens is 511 g/mol. The van der Waals surface area contributed by atoms with Crippen molar-refractivity contribution in [2.24, 2.45) is 5.92 Å². The van der Waals surface area contributed by atoms with Gasteiger partial charge in [-0.25, -0.2) is 4.39 Å². The maximum Gasteiger partial charge on any atom is 0.263 e. The van der Waals surface area contributed by atoms with Crippen molar-refractivity contribution in [1.29, 1.82) is 0 Å². The van der Waals surface area contributed by atoms with Crippen LogP contribution in [0, 0.1) is 11.7 Å². The zero-order valence-corrected chi connectivity index (χ0v) is 23.3. The number of hydrogen-bond acceptors (Lipinski definition) is 6. The molecule has 0 aromatic heterocycles. The SMILES string of the molecule is CC1(C)C[C@@H](N2C(=O)c3cccc(N4CCC[C@@H](C(=O)N5CCN(c6ccc(F)cc6)CC5)C4)c3C2=O)CCO1. The summed E-state index contributed by atoms with van der Waals surface area (Å²) in [6.07, 6.45) is 2.90. The summed E-state index contributed by atoms with van der Waals surface area (Å²) in [5.41, 5.74) is 2.26. The van der Waals surface area contributed by atoms with Gasteiger partial charge in [0.05, 0.1) is 28.3 Å². The average molecular weight is 549 g/mol. The summed E-state index contributed by atoms with van der Waals surface area (Å²) in [6, 6.07) is 11.8. The van der Waals surface area contributed by atoms with E-state index in [2.05, 4.69) is 9.80 Å². The number of carbonyl (C=O) groups excluding carboxylic acids is 3. The molecule has 2 atom stereocenters. The van der Waals surface area contributed by atoms with Gasteiger partial charge in [-0.15, -0.1) is 0 Å². The third-order valence-corrected chi connectivity index (χ3v) is 8.86. The molecule has 3 saturated heterocycles. The Hall–Kier alpha value is -3.46. The van der Waals surface area contributed by atoms with Gasteiger partial charge in [0.2, 0.25) is 5.91 Å². The van der Waals surface area contributed by atoms with Gasteiger partial charge in [-0.05, 0) is 75.9 Å². The first kappa shape index (κ1) is 26.7. The van der Waals surface area contributed by atoms with Crippen molar-refractivity contribution in [3.63, 3.8) is 0 Å². The van der Waals surface area contributed by atoms with Gasteiger partial charge in [-0.2, -0.15) is 0 Å². The van der Waals surface area contributed by atoms with Gasteiger partial charge in [0.25, 0.3) is 11.8 Å². The number of halogens is 1. The fourth-order valence-corrected chi connectivity index (χ4v) is 6.79. The highest BCUT2D eigenvalue weighted by Crippen LogP contribution is 2.38. The van der Waals surface area contributed by atoms with Gasteiger partial charge in [-0.3, -0.25) is 19.3 Å². The molecule has 0 saturated carbocycles. The van der Waals surface area contributed by atoms with Crippen molar-refractivity contribution in [3.8, 4) is 0 Å². The van der Waals surface area contributed by atoms with Crippen LogP contribution in [0.3, 0.4) is 0 Å². The number of anilines is 2. The van der Waals surface area contributed by atoms with Crippen LogP contribution in [0.2, 0.25) is 0 Å². The highest BCUT2D eigenvalue weighted by atomic mass is 19.1. The van der Waals surface area contributed by atoms with Crippen molar-refractivity contribution >= 4 is 29.1 Å². The molecule has 0 radical (unpaired) electrons. The van der Waals surface area contributed by atoms with E-state index in [1.165, 1.54) is 17.0 Å². The number of carbonyl (C=O) groups is 3. The highest BCUT2D eigenvalue weighted by molar-refractivity contribution is 6.24. The van der Waals surface area contributed by atoms with Crippen LogP contribution in [0.15, 0.2) is 42.5 Å². The Bertz CT molecular complexity index is 1300. The van der Waals surface area contributed by atoms with Gasteiger partial charge in [0.1, 0.15) is 5.82 Å². The number of benzene rings is 2. The molecule has 0 N–H and O–H groups in total. The van der Waals surface area contributed by atoms with E-state index in [1.54, 1.807) is 18.2 Å². The Kier molecular flexibility index (Phi) is 7.02. The van der Waals surface area contributed by atoms with E-state index in [-0.39, 0.29) is 41.1 Å². The highest BCUT2D eigenvalue weighted by Gasteiger charge is 2.45. The predicted molar refractivity (Wildman–Crippen MR) is 150 cm³/mol. The zero-order chi connectivity index (χ0) is 28.0. The molecule has 6 rings (SSSR count). The first-order chi connectivity index (χ1) is 19.2. The number of piperazine rings is 1. The Morgan fingerprint density at radius 3 is 2.40 bits per heavy atom. The van der Waals surface area contributed by atoms with Gasteiger partial charge in [0.15, 0.2) is 0 Å². The summed E-state index contributed by atoms with van der Waals surface area (Å²) in [4.78, 5) is 48.5. The fourth-order valence-electron chi connectivity index (χ4n) is 6.79. The molecule has 2 aromatic carbocycles. The van der Waals surface area contributed by atoms with E-state index in [0.29, 0.717) is 63.3 Å². The van der Waals surface area contributed by atoms with Crippen LogP contribution < -0.4 is 9.80 Å². The maximum atomic E-state index is 13.7. The molecule has 0 aliphatic carbocycles. The maximum absolute atomic E-state index is 13.7. The summed E-state index contributed by atoms with van der Waals surface area (Å²) < 4.78 is 19.1. The minimum Gasteiger partial charge on any atom is -0.375 e. The summed E-state index contributed by atoms with van der Waals surface area (Å²) >= 11 is 0. The molecule has 4 aliphatic heterocycles. The average Bonchev–Trinajstić information content (AvgIpc) is 3.22. The molecule has 2 aromatic rings. The Labute approximate surface area is 234 Å². The van der Waals surface area contributed by atoms with Crippen molar-refractivity contribution in [1.82, 2.24) is 9.80 Å². The molecule has 0 spiro atoms. The van der Waals surface area contributed by atoms with Crippen molar-refractivity contribution in [2.75, 3.05) is 55.7 Å². The largest absolute Gasteiger partial charge is 0.375 e. The third kappa shape index (κ3) is 4.96. The van der Waals surface area contributed by atoms with Gasteiger partial charge >= 0.3 is 0 Å². The lowest BCUT2D eigenvalue weighted by Gasteiger charge is -2.40. The van der Waals surface area contributed by atoms with E-state index >= 15 is 0 Å². The van der Waals surface area contributed by atoms with Gasteiger partial charge in [0, 0.05) is 57.6 Å². The van der Waals surface area contributed by atoms with Crippen LogP contribution in [0.25, 0.3) is 0 Å². The summed E-state index contributed by atoms with van der Waals surface area (Å²) in [5, 5.41) is 0. The Morgan fingerprint density at radius 2 is 1.68 bits per heavy atom. The van der Waals surface area contributed by atoms with E-state index in [4.69, 9.17) is 4.74 Å². The Balaban J connectivity index is 1.14. The number of hydrogen-bond donors (Lipinski definition) is 0. The van der Waals surface area contributed by atoms with E-state index in [9.17, 15) is 18.8 Å². The second kappa shape index (κ2) is 10.5. The number of amides is 3. The number of rotatable bonds is 4. The van der Waals surface area contributed by atoms with Crippen LogP contribution in [-0.2, 0) is 9.53 Å². The molecule has 3 amide bonds. The van der Waals surface area contributed by atoms with Crippen LogP contribution in [0.1, 0.15) is 60.2 Å². The number of ether oxygens (including phenoxy) is 1. The molecule has 0 bridgehead atoms. The quantitative estimate of drug-likeness (QED) is 0.539. The number of imide groups is 1. The monoisotopic (exact) mass is 548 g/mol. The van der Waals surface area contributed by atoms with Crippen molar-refractivity contribution < 1.29 is 23.5 Å². The molecule has 0 unspecified atom stereocenters. The topological polar surface area (TPSA) is 73.4 Å². The third-order valence-electron chi connectivity index (χ3n) is 8.86. The predicted octanol–water partition coefficient (Wildman–Crippen LogP) is 3.94. The first-order valence-corrected chi connectivity index (χ1v) is 14.4. The second-order valence-corrected chi connectivity index (χ2v) is 12.0. The van der Waals surface area contributed by atoms with E-state index in [1.807, 2.05) is 30.9 Å². The van der Waals surface area contributed by atoms with Crippen LogP contribution in [-0.4, -0.2) is 85.0 Å². The molecule has 9 heteroatoms. The van der Waals surface area contributed by atoms with Gasteiger partial charge in [-0.1, -0.05) is 6.07 Å². The van der Waals surface area contributed by atoms with Crippen molar-refractivity contribution in [3.05, 3.63) is 59.4 Å². The number of fused-ring (bicyclic) bond motifs is 1. The lowest BCUT2D eigenvalue weighted by molar-refractivity contribution is -0.136. The lowest BCUT2D eigenvalue weighted by Crippen LogP contribution is -2.52. The molecule has 40 heavy (non-hydrogen) atoms. The molecular formula is C31H37FN4O4. The summed E-state index contributed by atoms with van der Waals surface area (Å²) in [7, 11) is 0. The smallest absolute Gasteiger partial charge is 0.263 e. The van der Waals surface area contributed by atoms with Crippen LogP contribution in [0.5, 0.6) is 0 Å². The minimum atomic E-state index is -0.383. The Morgan fingerprint density at radius 1 is 0.925 bits per heavy atom. The molecule has 3 fully saturated rings. The van der Waals surface area contributed by atoms with E-state index < -0.39 is 0 Å². The van der Waals surface area contributed by atoms with Crippen LogP contribution in [0.4, 0.5) is 15.8 Å². The zero-order valence-electron chi connectivity index (χ0n) is 23.3. The molecule has 212 valence electrons. The summed E-state index contributed by atoms with van der Waals surface area (Å²) in [6.45, 7) is 8.43. The lowest BCUT2D eigenvalue weighted by atomic mass is 9.93. The summed E-state index contributed by atoms with van der Waals surface area (Å²) in [5.74, 6) is -0.738. The van der Waals surface area contributed by atoms with Crippen molar-refractivity contribution in [2.45, 2.75) is 51.2 Å². The van der Waals surface area contributed by atoms with Gasteiger partial charge < -0.3 is 19.4 Å². The normalized spacial score (nSPS) is 24.9. The van der Waals surface area contributed by atoms with Crippen LogP contribution >= 0.6 is 0 Å². The minimum absolute atomic E-state index is 0.143. The molecule has 4 aliphatic rings. The standard InChI is InChI=1S/C31H37FN4O4/c1-31(2)19-24(12-18-40-31)36-29(38)25-6-3-7-26(27(25)30(36)39)35-13-4-5-21(20-35)28(37)34-16-14-33(15-17-34)23-10-8-22(32)9-11-23/h3,6-11,21,24H,4-5,12-20H2,1-2H3/t21-,24+/m1/s1. The molecule has 8 nitrogen and oxygen atoms in total. The number of nitrogens with zero attached hydrogens (tertiary/aromatic N) is 4. The van der Waals surface area contributed by atoms with E-state index in [0.717, 1.165) is 30.8 Å². The molecule has 4 heterocycles.